The van der Waals surface area contributed by atoms with E-state index in [0.29, 0.717) is 17.9 Å². The number of phenolic OH excluding ortho intramolecular Hbond substituents is 1. The minimum absolute atomic E-state index is 0.121. The van der Waals surface area contributed by atoms with Gasteiger partial charge in [-0.25, -0.2) is 5.43 Å². The van der Waals surface area contributed by atoms with Crippen LogP contribution in [0.1, 0.15) is 16.8 Å². The lowest BCUT2D eigenvalue weighted by atomic mass is 10.1. The Hall–Kier alpha value is -3.88. The van der Waals surface area contributed by atoms with Crippen LogP contribution < -0.4 is 20.5 Å². The number of nitrogens with zero attached hydrogens (tertiary/aromatic N) is 3. The Morgan fingerprint density at radius 1 is 1.11 bits per heavy atom. The molecule has 0 amide bonds. The fourth-order valence-corrected chi connectivity index (χ4v) is 2.44. The van der Waals surface area contributed by atoms with E-state index in [1.165, 1.54) is 6.21 Å². The lowest BCUT2D eigenvalue weighted by molar-refractivity contribution is 0.354. The molecule has 28 heavy (non-hydrogen) atoms. The zero-order valence-electron chi connectivity index (χ0n) is 15.3. The zero-order chi connectivity index (χ0) is 19.9. The number of aromatic nitrogens is 3. The van der Waals surface area contributed by atoms with E-state index in [0.717, 1.165) is 11.1 Å². The molecule has 9 heteroatoms. The van der Waals surface area contributed by atoms with Crippen molar-refractivity contribution in [3.05, 3.63) is 69.6 Å². The average Bonchev–Trinajstić information content (AvgIpc) is 2.71. The van der Waals surface area contributed by atoms with Gasteiger partial charge in [-0.15, -0.1) is 10.2 Å². The summed E-state index contributed by atoms with van der Waals surface area (Å²) in [5.41, 5.74) is 4.12. The van der Waals surface area contributed by atoms with E-state index >= 15 is 0 Å². The Morgan fingerprint density at radius 3 is 2.54 bits per heavy atom. The van der Waals surface area contributed by atoms with Crippen molar-refractivity contribution in [3.63, 3.8) is 0 Å². The van der Waals surface area contributed by atoms with Gasteiger partial charge in [0.25, 0.3) is 5.56 Å². The van der Waals surface area contributed by atoms with E-state index in [-0.39, 0.29) is 23.0 Å². The molecule has 3 rings (SSSR count). The molecule has 0 unspecified atom stereocenters. The van der Waals surface area contributed by atoms with Crippen LogP contribution in [0.5, 0.6) is 17.2 Å². The molecule has 0 atom stereocenters. The Morgan fingerprint density at radius 2 is 1.86 bits per heavy atom. The van der Waals surface area contributed by atoms with Crippen molar-refractivity contribution >= 4 is 12.2 Å². The highest BCUT2D eigenvalue weighted by molar-refractivity contribution is 5.80. The van der Waals surface area contributed by atoms with E-state index in [9.17, 15) is 9.90 Å². The fraction of sp³-hybridized carbons (Fsp3) is 0.158. The van der Waals surface area contributed by atoms with E-state index < -0.39 is 0 Å². The third-order valence-electron chi connectivity index (χ3n) is 3.86. The van der Waals surface area contributed by atoms with Gasteiger partial charge in [0.05, 0.1) is 20.4 Å². The number of H-pyrrole nitrogens is 1. The molecule has 0 saturated carbocycles. The molecule has 1 aromatic heterocycles. The van der Waals surface area contributed by atoms with Crippen LogP contribution in [0.15, 0.2) is 52.4 Å². The van der Waals surface area contributed by atoms with Crippen molar-refractivity contribution in [1.29, 1.82) is 0 Å². The van der Waals surface area contributed by atoms with Gasteiger partial charge in [-0.05, 0) is 47.5 Å². The number of phenols is 1. The Labute approximate surface area is 160 Å². The van der Waals surface area contributed by atoms with Gasteiger partial charge >= 0.3 is 0 Å². The van der Waals surface area contributed by atoms with Crippen LogP contribution in [0.3, 0.4) is 0 Å². The third-order valence-corrected chi connectivity index (χ3v) is 3.86. The normalized spacial score (nSPS) is 10.8. The summed E-state index contributed by atoms with van der Waals surface area (Å²) in [7, 11) is 3.11. The number of ether oxygens (including phenoxy) is 2. The summed E-state index contributed by atoms with van der Waals surface area (Å²) in [5, 5.41) is 21.1. The third kappa shape index (κ3) is 4.64. The smallest absolute Gasteiger partial charge is 0.274 e. The molecular formula is C19H19N5O4. The Bertz CT molecular complexity index is 1030. The quantitative estimate of drug-likeness (QED) is 0.422. The molecule has 0 aliphatic rings. The second kappa shape index (κ2) is 8.67. The van der Waals surface area contributed by atoms with Crippen LogP contribution in [0.25, 0.3) is 0 Å². The van der Waals surface area contributed by atoms with E-state index in [1.54, 1.807) is 50.6 Å². The monoisotopic (exact) mass is 381 g/mol. The first-order valence-electron chi connectivity index (χ1n) is 8.34. The number of anilines is 1. The van der Waals surface area contributed by atoms with Crippen molar-refractivity contribution in [3.8, 4) is 17.2 Å². The van der Waals surface area contributed by atoms with Gasteiger partial charge in [-0.1, -0.05) is 6.07 Å². The highest BCUT2D eigenvalue weighted by atomic mass is 16.5. The number of hydrogen-bond acceptors (Lipinski definition) is 8. The van der Waals surface area contributed by atoms with Crippen LogP contribution in [0.4, 0.5) is 5.95 Å². The summed E-state index contributed by atoms with van der Waals surface area (Å²) in [6.07, 6.45) is 1.82. The van der Waals surface area contributed by atoms with Crippen molar-refractivity contribution in [2.75, 3.05) is 19.6 Å². The molecule has 2 aromatic carbocycles. The number of hydrogen-bond donors (Lipinski definition) is 3. The van der Waals surface area contributed by atoms with Gasteiger partial charge in [0.2, 0.25) is 5.95 Å². The predicted molar refractivity (Wildman–Crippen MR) is 104 cm³/mol. The minimum Gasteiger partial charge on any atom is -0.508 e. The molecule has 0 saturated heterocycles. The van der Waals surface area contributed by atoms with Crippen molar-refractivity contribution in [1.82, 2.24) is 15.2 Å². The summed E-state index contributed by atoms with van der Waals surface area (Å²) in [6.45, 7) is 0. The Kier molecular flexibility index (Phi) is 5.85. The average molecular weight is 381 g/mol. The number of hydrazone groups is 1. The number of rotatable bonds is 7. The number of aromatic hydroxyl groups is 1. The van der Waals surface area contributed by atoms with Crippen molar-refractivity contribution in [2.24, 2.45) is 5.10 Å². The Balaban J connectivity index is 1.68. The summed E-state index contributed by atoms with van der Waals surface area (Å²) >= 11 is 0. The second-order valence-corrected chi connectivity index (χ2v) is 5.78. The first kappa shape index (κ1) is 18.9. The van der Waals surface area contributed by atoms with Crippen LogP contribution in [0.2, 0.25) is 0 Å². The lowest BCUT2D eigenvalue weighted by Crippen LogP contribution is -2.18. The number of nitrogens with one attached hydrogen (secondary N) is 2. The van der Waals surface area contributed by atoms with Crippen molar-refractivity contribution in [2.45, 2.75) is 6.42 Å². The van der Waals surface area contributed by atoms with E-state index in [2.05, 4.69) is 25.7 Å². The minimum atomic E-state index is -0.368. The molecule has 1 heterocycles. The number of aromatic amines is 1. The second-order valence-electron chi connectivity index (χ2n) is 5.78. The molecule has 0 fully saturated rings. The van der Waals surface area contributed by atoms with Gasteiger partial charge in [-0.2, -0.15) is 5.10 Å². The highest BCUT2D eigenvalue weighted by Crippen LogP contribution is 2.28. The summed E-state index contributed by atoms with van der Waals surface area (Å²) in [6, 6.07) is 11.9. The molecule has 0 aliphatic carbocycles. The highest BCUT2D eigenvalue weighted by Gasteiger charge is 2.09. The molecular weight excluding hydrogens is 362 g/mol. The topological polar surface area (TPSA) is 122 Å². The first-order chi connectivity index (χ1) is 13.6. The van der Waals surface area contributed by atoms with Crippen LogP contribution >= 0.6 is 0 Å². The number of benzene rings is 2. The van der Waals surface area contributed by atoms with Crippen LogP contribution in [-0.4, -0.2) is 40.7 Å². The van der Waals surface area contributed by atoms with E-state index in [1.807, 2.05) is 6.07 Å². The van der Waals surface area contributed by atoms with Crippen molar-refractivity contribution < 1.29 is 14.6 Å². The van der Waals surface area contributed by atoms with Gasteiger partial charge in [0, 0.05) is 6.42 Å². The standard InChI is InChI=1S/C19H19N5O4/c1-27-16-8-5-13(10-17(16)28-2)9-15-18(26)21-19(24-22-15)23-20-11-12-3-6-14(25)7-4-12/h3-8,10-11,25H,9H2,1-2H3,(H2,21,23,24,26)/b20-11+. The molecule has 0 radical (unpaired) electrons. The van der Waals surface area contributed by atoms with E-state index in [4.69, 9.17) is 9.47 Å². The largest absolute Gasteiger partial charge is 0.508 e. The maximum atomic E-state index is 12.3. The van der Waals surface area contributed by atoms with Crippen LogP contribution in [0, 0.1) is 0 Å². The fourth-order valence-electron chi connectivity index (χ4n) is 2.44. The molecule has 3 N–H and O–H groups in total. The summed E-state index contributed by atoms with van der Waals surface area (Å²) < 4.78 is 10.5. The molecule has 9 nitrogen and oxygen atoms in total. The lowest BCUT2D eigenvalue weighted by Gasteiger charge is -2.09. The SMILES string of the molecule is COc1ccc(Cc2nnc(N/N=C/c3ccc(O)cc3)[nH]c2=O)cc1OC. The maximum Gasteiger partial charge on any atom is 0.274 e. The van der Waals surface area contributed by atoms with Gasteiger partial charge in [0.15, 0.2) is 11.5 Å². The molecule has 0 bridgehead atoms. The molecule has 0 aliphatic heterocycles. The zero-order valence-corrected chi connectivity index (χ0v) is 15.3. The summed E-state index contributed by atoms with van der Waals surface area (Å²) in [4.78, 5) is 14.9. The molecule has 144 valence electrons. The maximum absolute atomic E-state index is 12.3. The van der Waals surface area contributed by atoms with Gasteiger partial charge in [-0.3, -0.25) is 9.78 Å². The van der Waals surface area contributed by atoms with Gasteiger partial charge in [0.1, 0.15) is 11.4 Å². The number of methoxy groups -OCH3 is 2. The van der Waals surface area contributed by atoms with Crippen LogP contribution in [-0.2, 0) is 6.42 Å². The first-order valence-corrected chi connectivity index (χ1v) is 8.34. The predicted octanol–water partition coefficient (Wildman–Crippen LogP) is 1.92. The molecule has 0 spiro atoms. The molecule has 3 aromatic rings. The van der Waals surface area contributed by atoms with Gasteiger partial charge < -0.3 is 14.6 Å². The summed E-state index contributed by atoms with van der Waals surface area (Å²) in [5.74, 6) is 1.48.